The number of rotatable bonds is 2. The van der Waals surface area contributed by atoms with E-state index in [2.05, 4.69) is 18.0 Å². The van der Waals surface area contributed by atoms with E-state index in [1.54, 1.807) is 0 Å². The van der Waals surface area contributed by atoms with E-state index < -0.39 is 0 Å². The summed E-state index contributed by atoms with van der Waals surface area (Å²) in [4.78, 5) is 2.27. The summed E-state index contributed by atoms with van der Waals surface area (Å²) in [6.45, 7) is 1.66. The molecule has 0 fully saturated rings. The Hall–Kier alpha value is -1.15. The van der Waals surface area contributed by atoms with E-state index in [4.69, 9.17) is 0 Å². The predicted molar refractivity (Wildman–Crippen MR) is 61.3 cm³/mol. The molecule has 0 aromatic heterocycles. The molecule has 1 heterocycles. The fourth-order valence-electron chi connectivity index (χ4n) is 1.97. The van der Waals surface area contributed by atoms with Gasteiger partial charge in [-0.2, -0.15) is 0 Å². The zero-order valence-electron chi connectivity index (χ0n) is 9.04. The lowest BCUT2D eigenvalue weighted by atomic mass is 9.95. The Balaban J connectivity index is 2.29. The monoisotopic (exact) mass is 204 g/mol. The maximum absolute atomic E-state index is 12.8. The van der Waals surface area contributed by atoms with E-state index in [0.29, 0.717) is 0 Å². The van der Waals surface area contributed by atoms with Gasteiger partial charge in [0.15, 0.2) is 0 Å². The van der Waals surface area contributed by atoms with Crippen molar-refractivity contribution in [3.63, 3.8) is 0 Å². The van der Waals surface area contributed by atoms with Crippen LogP contribution in [-0.2, 0) is 6.67 Å². The molecule has 0 spiro atoms. The van der Waals surface area contributed by atoms with Gasteiger partial charge in [-0.3, -0.25) is 0 Å². The van der Waals surface area contributed by atoms with Crippen molar-refractivity contribution in [1.29, 1.82) is 0 Å². The van der Waals surface area contributed by atoms with Crippen molar-refractivity contribution in [3.05, 3.63) is 41.5 Å². The molecule has 0 radical (unpaired) electrons. The summed E-state index contributed by atoms with van der Waals surface area (Å²) < 4.78 is 12.8. The molecule has 2 heteroatoms. The van der Waals surface area contributed by atoms with E-state index in [0.717, 1.165) is 30.6 Å². The van der Waals surface area contributed by atoms with Crippen LogP contribution in [0.25, 0.3) is 5.57 Å². The molecule has 0 saturated carbocycles. The van der Waals surface area contributed by atoms with Gasteiger partial charge in [0.2, 0.25) is 0 Å². The Kier molecular flexibility index (Phi) is 3.17. The molecular weight excluding hydrogens is 188 g/mol. The normalized spacial score (nSPS) is 17.6. The fourth-order valence-corrected chi connectivity index (χ4v) is 1.97. The summed E-state index contributed by atoms with van der Waals surface area (Å²) in [5, 5.41) is 0. The second kappa shape index (κ2) is 4.58. The molecule has 0 saturated heterocycles. The molecular formula is C13H16FN. The van der Waals surface area contributed by atoms with Crippen molar-refractivity contribution in [2.45, 2.75) is 13.1 Å². The smallest absolute Gasteiger partial charge is 0.115 e. The van der Waals surface area contributed by atoms with Gasteiger partial charge in [0.05, 0.1) is 0 Å². The number of likely N-dealkylation sites (N-methyl/N-ethyl adjacent to an activating group) is 1. The Morgan fingerprint density at radius 2 is 2.13 bits per heavy atom. The molecule has 1 aliphatic heterocycles. The average molecular weight is 204 g/mol. The lowest BCUT2D eigenvalue weighted by Crippen LogP contribution is -2.23. The Labute approximate surface area is 90.2 Å². The first kappa shape index (κ1) is 10.4. The van der Waals surface area contributed by atoms with Gasteiger partial charge in [-0.25, -0.2) is 4.39 Å². The number of hydrogen-bond acceptors (Lipinski definition) is 1. The van der Waals surface area contributed by atoms with E-state index >= 15 is 0 Å². The van der Waals surface area contributed by atoms with Gasteiger partial charge >= 0.3 is 0 Å². The molecule has 0 unspecified atom stereocenters. The van der Waals surface area contributed by atoms with Crippen molar-refractivity contribution in [2.24, 2.45) is 0 Å². The Morgan fingerprint density at radius 3 is 2.80 bits per heavy atom. The summed E-state index contributed by atoms with van der Waals surface area (Å²) in [6, 6.07) is 7.77. The summed E-state index contributed by atoms with van der Waals surface area (Å²) in [7, 11) is 2.11. The van der Waals surface area contributed by atoms with Crippen LogP contribution in [0, 0.1) is 0 Å². The summed E-state index contributed by atoms with van der Waals surface area (Å²) in [6.07, 6.45) is 3.23. The summed E-state index contributed by atoms with van der Waals surface area (Å²) in [5.74, 6) is 0. The first-order valence-electron chi connectivity index (χ1n) is 5.33. The summed E-state index contributed by atoms with van der Waals surface area (Å²) >= 11 is 0. The van der Waals surface area contributed by atoms with Crippen LogP contribution >= 0.6 is 0 Å². The highest BCUT2D eigenvalue weighted by atomic mass is 18.2. The van der Waals surface area contributed by atoms with Gasteiger partial charge in [0.1, 0.15) is 6.67 Å². The van der Waals surface area contributed by atoms with Crippen LogP contribution in [-0.4, -0.2) is 25.0 Å². The second-order valence-corrected chi connectivity index (χ2v) is 4.03. The van der Waals surface area contributed by atoms with Crippen LogP contribution in [0.2, 0.25) is 0 Å². The van der Waals surface area contributed by atoms with Gasteiger partial charge in [-0.15, -0.1) is 0 Å². The van der Waals surface area contributed by atoms with Crippen LogP contribution in [0.15, 0.2) is 30.3 Å². The highest BCUT2D eigenvalue weighted by molar-refractivity contribution is 5.69. The van der Waals surface area contributed by atoms with Crippen LogP contribution < -0.4 is 0 Å². The number of hydrogen-bond donors (Lipinski definition) is 0. The molecule has 0 N–H and O–H groups in total. The molecule has 0 amide bonds. The minimum atomic E-state index is -0.372. The van der Waals surface area contributed by atoms with Crippen LogP contribution in [0.3, 0.4) is 0 Å². The zero-order valence-corrected chi connectivity index (χ0v) is 9.04. The molecule has 0 aliphatic carbocycles. The second-order valence-electron chi connectivity index (χ2n) is 4.03. The molecule has 1 aliphatic rings. The Morgan fingerprint density at radius 1 is 1.33 bits per heavy atom. The number of benzene rings is 1. The molecule has 0 bridgehead atoms. The molecule has 80 valence electrons. The maximum atomic E-state index is 12.8. The fraction of sp³-hybridized carbons (Fsp3) is 0.385. The van der Waals surface area contributed by atoms with Gasteiger partial charge in [0.25, 0.3) is 0 Å². The number of halogens is 1. The standard InChI is InChI=1S/C13H16FN/c1-15-8-6-11(7-9-15)13-5-3-2-4-12(13)10-14/h2-6H,7-10H2,1H3/i14-1. The van der Waals surface area contributed by atoms with Crippen LogP contribution in [0.4, 0.5) is 4.39 Å². The van der Waals surface area contributed by atoms with Crippen molar-refractivity contribution in [3.8, 4) is 0 Å². The quantitative estimate of drug-likeness (QED) is 0.716. The largest absolute Gasteiger partial charge is 0.302 e. The van der Waals surface area contributed by atoms with E-state index in [1.807, 2.05) is 24.3 Å². The number of alkyl halides is 1. The minimum Gasteiger partial charge on any atom is -0.302 e. The van der Waals surface area contributed by atoms with Gasteiger partial charge in [-0.05, 0) is 30.2 Å². The molecule has 0 atom stereocenters. The van der Waals surface area contributed by atoms with E-state index in [-0.39, 0.29) is 6.67 Å². The molecule has 1 aromatic rings. The lowest BCUT2D eigenvalue weighted by molar-refractivity contribution is 0.370. The number of nitrogens with zero attached hydrogens (tertiary/aromatic N) is 1. The third-order valence-corrected chi connectivity index (χ3v) is 2.92. The molecule has 1 nitrogen and oxygen atoms in total. The zero-order chi connectivity index (χ0) is 10.7. The summed E-state index contributed by atoms with van der Waals surface area (Å²) in [5.41, 5.74) is 3.20. The van der Waals surface area contributed by atoms with E-state index in [1.165, 1.54) is 5.57 Å². The van der Waals surface area contributed by atoms with Crippen LogP contribution in [0.1, 0.15) is 17.5 Å². The first-order chi connectivity index (χ1) is 7.31. The van der Waals surface area contributed by atoms with Crippen molar-refractivity contribution >= 4 is 5.57 Å². The molecule has 2 rings (SSSR count). The van der Waals surface area contributed by atoms with Crippen LogP contribution in [0.5, 0.6) is 0 Å². The lowest BCUT2D eigenvalue weighted by Gasteiger charge is -2.23. The third kappa shape index (κ3) is 2.26. The molecule has 1 aromatic carbocycles. The minimum absolute atomic E-state index is 0.372. The van der Waals surface area contributed by atoms with Crippen molar-refractivity contribution < 1.29 is 4.39 Å². The highest BCUT2D eigenvalue weighted by Gasteiger charge is 2.11. The topological polar surface area (TPSA) is 3.24 Å². The van der Waals surface area contributed by atoms with Gasteiger partial charge in [-0.1, -0.05) is 30.3 Å². The predicted octanol–water partition coefficient (Wildman–Crippen LogP) is 2.88. The van der Waals surface area contributed by atoms with E-state index in [9.17, 15) is 4.39 Å². The van der Waals surface area contributed by atoms with Gasteiger partial charge in [0, 0.05) is 13.1 Å². The molecule has 15 heavy (non-hydrogen) atoms. The SMILES string of the molecule is CN1CC=C(c2ccccc2C[18F])CC1. The Bertz CT molecular complexity index is 371. The van der Waals surface area contributed by atoms with Crippen molar-refractivity contribution in [2.75, 3.05) is 20.1 Å². The van der Waals surface area contributed by atoms with Gasteiger partial charge < -0.3 is 4.90 Å². The average Bonchev–Trinajstić information content (AvgIpc) is 2.30. The first-order valence-corrected chi connectivity index (χ1v) is 5.33. The highest BCUT2D eigenvalue weighted by Crippen LogP contribution is 2.25. The van der Waals surface area contributed by atoms with Crippen molar-refractivity contribution in [1.82, 2.24) is 4.90 Å². The third-order valence-electron chi connectivity index (χ3n) is 2.92. The maximum Gasteiger partial charge on any atom is 0.115 e.